The van der Waals surface area contributed by atoms with Crippen molar-refractivity contribution < 1.29 is 9.84 Å². The van der Waals surface area contributed by atoms with Crippen molar-refractivity contribution in [3.63, 3.8) is 0 Å². The van der Waals surface area contributed by atoms with Gasteiger partial charge in [-0.1, -0.05) is 29.8 Å². The molecule has 26 heavy (non-hydrogen) atoms. The Morgan fingerprint density at radius 1 is 1.23 bits per heavy atom. The van der Waals surface area contributed by atoms with E-state index in [-0.39, 0.29) is 11.9 Å². The zero-order valence-corrected chi connectivity index (χ0v) is 15.4. The Labute approximate surface area is 157 Å². The van der Waals surface area contributed by atoms with Gasteiger partial charge >= 0.3 is 0 Å². The molecule has 1 unspecified atom stereocenters. The molecule has 1 aromatic heterocycles. The fourth-order valence-corrected chi connectivity index (χ4v) is 3.60. The molecule has 0 radical (unpaired) electrons. The van der Waals surface area contributed by atoms with Gasteiger partial charge in [0.05, 0.1) is 17.1 Å². The summed E-state index contributed by atoms with van der Waals surface area (Å²) < 4.78 is 6.44. The van der Waals surface area contributed by atoms with Crippen molar-refractivity contribution >= 4 is 22.6 Å². The van der Waals surface area contributed by atoms with Gasteiger partial charge in [0, 0.05) is 23.7 Å². The molecule has 0 amide bonds. The number of hydrogen-bond acceptors (Lipinski definition) is 4. The SMILES string of the molecule is CN1CCC(OC(c2nc3ccccc3[nH]2)c2ccc(Cl)cc2O)CC1. The third-order valence-electron chi connectivity index (χ3n) is 4.93. The van der Waals surface area contributed by atoms with Gasteiger partial charge in [0.1, 0.15) is 17.7 Å². The maximum Gasteiger partial charge on any atom is 0.144 e. The summed E-state index contributed by atoms with van der Waals surface area (Å²) in [4.78, 5) is 10.3. The number of para-hydroxylation sites is 2. The van der Waals surface area contributed by atoms with E-state index in [1.54, 1.807) is 12.1 Å². The van der Waals surface area contributed by atoms with Crippen LogP contribution >= 0.6 is 11.6 Å². The Hall–Kier alpha value is -2.08. The lowest BCUT2D eigenvalue weighted by atomic mass is 10.0. The Balaban J connectivity index is 1.70. The molecule has 2 N–H and O–H groups in total. The van der Waals surface area contributed by atoms with Gasteiger partial charge in [0.15, 0.2) is 0 Å². The van der Waals surface area contributed by atoms with E-state index in [0.29, 0.717) is 16.4 Å². The highest BCUT2D eigenvalue weighted by Crippen LogP contribution is 2.35. The largest absolute Gasteiger partial charge is 0.508 e. The van der Waals surface area contributed by atoms with Crippen LogP contribution in [0, 0.1) is 0 Å². The van der Waals surface area contributed by atoms with Crippen LogP contribution in [-0.2, 0) is 4.74 Å². The highest BCUT2D eigenvalue weighted by atomic mass is 35.5. The maximum atomic E-state index is 10.5. The second-order valence-electron chi connectivity index (χ2n) is 6.86. The van der Waals surface area contributed by atoms with Gasteiger partial charge in [0.2, 0.25) is 0 Å². The molecule has 6 heteroatoms. The summed E-state index contributed by atoms with van der Waals surface area (Å²) in [5.74, 6) is 0.818. The number of hydrogen-bond donors (Lipinski definition) is 2. The number of fused-ring (bicyclic) bond motifs is 1. The number of imidazole rings is 1. The van der Waals surface area contributed by atoms with E-state index in [9.17, 15) is 5.11 Å². The summed E-state index contributed by atoms with van der Waals surface area (Å²) in [6.07, 6.45) is 1.58. The quantitative estimate of drug-likeness (QED) is 0.724. The third-order valence-corrected chi connectivity index (χ3v) is 5.16. The van der Waals surface area contributed by atoms with Crippen molar-refractivity contribution in [2.75, 3.05) is 20.1 Å². The van der Waals surface area contributed by atoms with Gasteiger partial charge in [-0.15, -0.1) is 0 Å². The number of phenols is 1. The lowest BCUT2D eigenvalue weighted by molar-refractivity contribution is -0.0271. The fourth-order valence-electron chi connectivity index (χ4n) is 3.43. The van der Waals surface area contributed by atoms with Gasteiger partial charge in [-0.25, -0.2) is 4.98 Å². The van der Waals surface area contributed by atoms with Crippen LogP contribution in [0.1, 0.15) is 30.3 Å². The molecule has 1 aliphatic rings. The highest BCUT2D eigenvalue weighted by molar-refractivity contribution is 6.30. The summed E-state index contributed by atoms with van der Waals surface area (Å²) in [5.41, 5.74) is 2.51. The van der Waals surface area contributed by atoms with E-state index < -0.39 is 6.10 Å². The summed E-state index contributed by atoms with van der Waals surface area (Å²) in [5, 5.41) is 10.9. The number of nitrogens with one attached hydrogen (secondary N) is 1. The third kappa shape index (κ3) is 3.56. The first kappa shape index (κ1) is 17.3. The molecule has 5 nitrogen and oxygen atoms in total. The summed E-state index contributed by atoms with van der Waals surface area (Å²) in [6, 6.07) is 13.0. The number of likely N-dealkylation sites (tertiary alicyclic amines) is 1. The number of aromatic amines is 1. The average Bonchev–Trinajstić information content (AvgIpc) is 3.06. The summed E-state index contributed by atoms with van der Waals surface area (Å²) in [7, 11) is 2.12. The zero-order valence-electron chi connectivity index (χ0n) is 14.7. The van der Waals surface area contributed by atoms with Crippen molar-refractivity contribution in [1.82, 2.24) is 14.9 Å². The number of phenolic OH excluding ortho intramolecular Hbond substituents is 1. The van der Waals surface area contributed by atoms with Crippen LogP contribution < -0.4 is 0 Å². The maximum absolute atomic E-state index is 10.5. The number of piperidine rings is 1. The summed E-state index contributed by atoms with van der Waals surface area (Å²) >= 11 is 6.01. The van der Waals surface area contributed by atoms with E-state index in [1.807, 2.05) is 30.3 Å². The van der Waals surface area contributed by atoms with Gasteiger partial charge in [0.25, 0.3) is 0 Å². The summed E-state index contributed by atoms with van der Waals surface area (Å²) in [6.45, 7) is 2.01. The fraction of sp³-hybridized carbons (Fsp3) is 0.350. The van der Waals surface area contributed by atoms with Crippen molar-refractivity contribution in [3.05, 3.63) is 58.9 Å². The topological polar surface area (TPSA) is 61.4 Å². The monoisotopic (exact) mass is 371 g/mol. The molecular weight excluding hydrogens is 350 g/mol. The first-order chi connectivity index (χ1) is 12.6. The number of nitrogens with zero attached hydrogens (tertiary/aromatic N) is 2. The van der Waals surface area contributed by atoms with Crippen LogP contribution in [0.25, 0.3) is 11.0 Å². The van der Waals surface area contributed by atoms with Gasteiger partial charge < -0.3 is 19.7 Å². The number of ether oxygens (including phenoxy) is 1. The van der Waals surface area contributed by atoms with Gasteiger partial charge in [-0.05, 0) is 44.2 Å². The highest BCUT2D eigenvalue weighted by Gasteiger charge is 2.27. The molecular formula is C20H22ClN3O2. The van der Waals surface area contributed by atoms with Crippen LogP contribution in [0.15, 0.2) is 42.5 Å². The standard InChI is InChI=1S/C20H22ClN3O2/c1-24-10-8-14(9-11-24)26-19(15-7-6-13(21)12-18(15)25)20-22-16-4-2-3-5-17(16)23-20/h2-7,12,14,19,25H,8-11H2,1H3,(H,22,23). The number of H-pyrrole nitrogens is 1. The van der Waals surface area contributed by atoms with Crippen molar-refractivity contribution in [2.24, 2.45) is 0 Å². The smallest absolute Gasteiger partial charge is 0.144 e. The van der Waals surface area contributed by atoms with E-state index in [1.165, 1.54) is 0 Å². The molecule has 2 aromatic carbocycles. The lowest BCUT2D eigenvalue weighted by Gasteiger charge is -2.31. The van der Waals surface area contributed by atoms with Crippen LogP contribution in [-0.4, -0.2) is 46.2 Å². The lowest BCUT2D eigenvalue weighted by Crippen LogP contribution is -2.35. The van der Waals surface area contributed by atoms with Crippen molar-refractivity contribution in [1.29, 1.82) is 0 Å². The minimum Gasteiger partial charge on any atom is -0.508 e. The molecule has 1 fully saturated rings. The molecule has 4 rings (SSSR count). The number of aromatic nitrogens is 2. The second-order valence-corrected chi connectivity index (χ2v) is 7.30. The molecule has 1 aliphatic heterocycles. The molecule has 0 saturated carbocycles. The molecule has 0 spiro atoms. The van der Waals surface area contributed by atoms with Gasteiger partial charge in [-0.3, -0.25) is 0 Å². The van der Waals surface area contributed by atoms with Crippen LogP contribution in [0.3, 0.4) is 0 Å². The Bertz CT molecular complexity index is 870. The Morgan fingerprint density at radius 2 is 2.00 bits per heavy atom. The number of benzene rings is 2. The van der Waals surface area contributed by atoms with Crippen LogP contribution in [0.4, 0.5) is 0 Å². The first-order valence-electron chi connectivity index (χ1n) is 8.87. The number of halogens is 1. The predicted molar refractivity (Wildman–Crippen MR) is 103 cm³/mol. The average molecular weight is 372 g/mol. The van der Waals surface area contributed by atoms with Crippen LogP contribution in [0.2, 0.25) is 5.02 Å². The van der Waals surface area contributed by atoms with Gasteiger partial charge in [-0.2, -0.15) is 0 Å². The van der Waals surface area contributed by atoms with Crippen molar-refractivity contribution in [3.8, 4) is 5.75 Å². The molecule has 0 bridgehead atoms. The van der Waals surface area contributed by atoms with E-state index in [2.05, 4.69) is 16.9 Å². The predicted octanol–water partition coefficient (Wildman–Crippen LogP) is 4.12. The van der Waals surface area contributed by atoms with E-state index >= 15 is 0 Å². The normalized spacial score (nSPS) is 17.6. The molecule has 2 heterocycles. The van der Waals surface area contributed by atoms with Crippen LogP contribution in [0.5, 0.6) is 5.75 Å². The Kier molecular flexibility index (Phi) is 4.85. The first-order valence-corrected chi connectivity index (χ1v) is 9.25. The second kappa shape index (κ2) is 7.27. The van der Waals surface area contributed by atoms with Crippen molar-refractivity contribution in [2.45, 2.75) is 25.0 Å². The molecule has 136 valence electrons. The molecule has 1 saturated heterocycles. The zero-order chi connectivity index (χ0) is 18.1. The number of aromatic hydroxyl groups is 1. The number of rotatable bonds is 4. The molecule has 1 atom stereocenters. The Morgan fingerprint density at radius 3 is 2.73 bits per heavy atom. The molecule has 3 aromatic rings. The molecule has 0 aliphatic carbocycles. The van der Waals surface area contributed by atoms with E-state index in [0.717, 1.165) is 37.0 Å². The minimum atomic E-state index is -0.465. The van der Waals surface area contributed by atoms with E-state index in [4.69, 9.17) is 21.3 Å². The minimum absolute atomic E-state index is 0.121.